The van der Waals surface area contributed by atoms with Crippen LogP contribution in [0.1, 0.15) is 23.0 Å². The van der Waals surface area contributed by atoms with Gasteiger partial charge in [0.05, 0.1) is 18.5 Å². The summed E-state index contributed by atoms with van der Waals surface area (Å²) in [6.45, 7) is 4.98. The van der Waals surface area contributed by atoms with E-state index in [2.05, 4.69) is 15.2 Å². The van der Waals surface area contributed by atoms with Gasteiger partial charge in [0.15, 0.2) is 0 Å². The standard InChI is InChI=1S/C20H23FN4O3/c1-2-28-20(27)25-11-9-24(10-12-25)17-7-8-18(22-14-17)19(26)23-13-15-3-5-16(21)6-4-15/h3-8,14H,2,9-13H2,1H3,(H,23,26). The maximum atomic E-state index is 12.9. The van der Waals surface area contributed by atoms with E-state index >= 15 is 0 Å². The Kier molecular flexibility index (Phi) is 6.41. The maximum Gasteiger partial charge on any atom is 0.409 e. The van der Waals surface area contributed by atoms with Crippen LogP contribution in [0.4, 0.5) is 14.9 Å². The molecule has 1 aromatic carbocycles. The highest BCUT2D eigenvalue weighted by atomic mass is 19.1. The van der Waals surface area contributed by atoms with Gasteiger partial charge in [-0.2, -0.15) is 0 Å². The average Bonchev–Trinajstić information content (AvgIpc) is 2.73. The van der Waals surface area contributed by atoms with Crippen molar-refractivity contribution in [3.8, 4) is 0 Å². The molecular formula is C20H23FN4O3. The lowest BCUT2D eigenvalue weighted by Gasteiger charge is -2.35. The van der Waals surface area contributed by atoms with E-state index in [0.29, 0.717) is 45.0 Å². The lowest BCUT2D eigenvalue weighted by Crippen LogP contribution is -2.49. The largest absolute Gasteiger partial charge is 0.450 e. The van der Waals surface area contributed by atoms with Crippen LogP contribution in [0.3, 0.4) is 0 Å². The highest BCUT2D eigenvalue weighted by Crippen LogP contribution is 2.16. The van der Waals surface area contributed by atoms with Gasteiger partial charge < -0.3 is 19.9 Å². The van der Waals surface area contributed by atoms with Crippen LogP contribution in [0.2, 0.25) is 0 Å². The Morgan fingerprint density at radius 1 is 1.11 bits per heavy atom. The zero-order valence-corrected chi connectivity index (χ0v) is 15.7. The molecule has 1 aliphatic heterocycles. The molecule has 28 heavy (non-hydrogen) atoms. The third-order valence-corrected chi connectivity index (χ3v) is 4.52. The fourth-order valence-corrected chi connectivity index (χ4v) is 2.94. The number of benzene rings is 1. The van der Waals surface area contributed by atoms with Gasteiger partial charge in [0.2, 0.25) is 0 Å². The monoisotopic (exact) mass is 386 g/mol. The van der Waals surface area contributed by atoms with E-state index in [1.807, 2.05) is 6.07 Å². The summed E-state index contributed by atoms with van der Waals surface area (Å²) in [7, 11) is 0. The van der Waals surface area contributed by atoms with Gasteiger partial charge in [-0.05, 0) is 36.8 Å². The molecule has 3 rings (SSSR count). The topological polar surface area (TPSA) is 74.8 Å². The highest BCUT2D eigenvalue weighted by molar-refractivity contribution is 5.92. The van der Waals surface area contributed by atoms with Gasteiger partial charge in [0.1, 0.15) is 11.5 Å². The number of carbonyl (C=O) groups excluding carboxylic acids is 2. The van der Waals surface area contributed by atoms with Gasteiger partial charge in [0, 0.05) is 32.7 Å². The number of rotatable bonds is 5. The highest BCUT2D eigenvalue weighted by Gasteiger charge is 2.22. The molecule has 0 aliphatic carbocycles. The number of carbonyl (C=O) groups is 2. The van der Waals surface area contributed by atoms with E-state index in [-0.39, 0.29) is 17.8 Å². The Hall–Kier alpha value is -3.16. The number of pyridine rings is 1. The lowest BCUT2D eigenvalue weighted by molar-refractivity contribution is 0.0945. The first-order valence-electron chi connectivity index (χ1n) is 9.22. The number of anilines is 1. The van der Waals surface area contributed by atoms with Crippen LogP contribution in [-0.4, -0.2) is 54.7 Å². The number of halogens is 1. The molecule has 2 amide bonds. The SMILES string of the molecule is CCOC(=O)N1CCN(c2ccc(C(=O)NCc3ccc(F)cc3)nc2)CC1. The molecule has 1 N–H and O–H groups in total. The van der Waals surface area contributed by atoms with Crippen molar-refractivity contribution in [2.24, 2.45) is 0 Å². The summed E-state index contributed by atoms with van der Waals surface area (Å²) in [6.07, 6.45) is 1.38. The lowest BCUT2D eigenvalue weighted by atomic mass is 10.2. The second-order valence-corrected chi connectivity index (χ2v) is 6.38. The first-order valence-corrected chi connectivity index (χ1v) is 9.22. The summed E-state index contributed by atoms with van der Waals surface area (Å²) in [4.78, 5) is 32.0. The van der Waals surface area contributed by atoms with Crippen LogP contribution < -0.4 is 10.2 Å². The van der Waals surface area contributed by atoms with Gasteiger partial charge in [-0.25, -0.2) is 14.2 Å². The molecule has 0 saturated carbocycles. The Morgan fingerprint density at radius 3 is 2.43 bits per heavy atom. The van der Waals surface area contributed by atoms with Gasteiger partial charge in [-0.15, -0.1) is 0 Å². The number of hydrogen-bond donors (Lipinski definition) is 1. The van der Waals surface area contributed by atoms with Gasteiger partial charge in [-0.3, -0.25) is 4.79 Å². The summed E-state index contributed by atoms with van der Waals surface area (Å²) < 4.78 is 17.9. The Morgan fingerprint density at radius 2 is 1.82 bits per heavy atom. The van der Waals surface area contributed by atoms with Gasteiger partial charge >= 0.3 is 6.09 Å². The Labute approximate surface area is 163 Å². The molecule has 1 saturated heterocycles. The van der Waals surface area contributed by atoms with Crippen molar-refractivity contribution in [3.63, 3.8) is 0 Å². The van der Waals surface area contributed by atoms with Crippen molar-refractivity contribution in [1.29, 1.82) is 0 Å². The van der Waals surface area contributed by atoms with Crippen molar-refractivity contribution in [2.45, 2.75) is 13.5 Å². The molecule has 8 heteroatoms. The first-order chi connectivity index (χ1) is 13.6. The molecule has 7 nitrogen and oxygen atoms in total. The number of ether oxygens (including phenoxy) is 1. The molecule has 1 aliphatic rings. The molecule has 1 fully saturated rings. The smallest absolute Gasteiger partial charge is 0.409 e. The second kappa shape index (κ2) is 9.16. The zero-order valence-electron chi connectivity index (χ0n) is 15.7. The van der Waals surface area contributed by atoms with Crippen LogP contribution in [0, 0.1) is 5.82 Å². The van der Waals surface area contributed by atoms with E-state index < -0.39 is 0 Å². The van der Waals surface area contributed by atoms with Crippen LogP contribution in [-0.2, 0) is 11.3 Å². The van der Waals surface area contributed by atoms with E-state index in [0.717, 1.165) is 11.3 Å². The van der Waals surface area contributed by atoms with E-state index in [1.54, 1.807) is 36.2 Å². The molecule has 0 atom stereocenters. The average molecular weight is 386 g/mol. The van der Waals surface area contributed by atoms with Crippen LogP contribution in [0.5, 0.6) is 0 Å². The van der Waals surface area contributed by atoms with Gasteiger partial charge in [-0.1, -0.05) is 12.1 Å². The quantitative estimate of drug-likeness (QED) is 0.854. The number of aromatic nitrogens is 1. The second-order valence-electron chi connectivity index (χ2n) is 6.38. The number of nitrogens with one attached hydrogen (secondary N) is 1. The van der Waals surface area contributed by atoms with Crippen molar-refractivity contribution in [3.05, 3.63) is 59.7 Å². The Balaban J connectivity index is 1.51. The van der Waals surface area contributed by atoms with Gasteiger partial charge in [0.25, 0.3) is 5.91 Å². The predicted molar refractivity (Wildman–Crippen MR) is 103 cm³/mol. The van der Waals surface area contributed by atoms with Crippen molar-refractivity contribution in [1.82, 2.24) is 15.2 Å². The van der Waals surface area contributed by atoms with Crippen molar-refractivity contribution >= 4 is 17.7 Å². The number of nitrogens with zero attached hydrogens (tertiary/aromatic N) is 3. The summed E-state index contributed by atoms with van der Waals surface area (Å²) >= 11 is 0. The van der Waals surface area contributed by atoms with Crippen LogP contribution in [0.15, 0.2) is 42.6 Å². The minimum atomic E-state index is -0.310. The molecule has 0 bridgehead atoms. The van der Waals surface area contributed by atoms with E-state index in [9.17, 15) is 14.0 Å². The first kappa shape index (κ1) is 19.6. The summed E-state index contributed by atoms with van der Waals surface area (Å²) in [5.41, 5.74) is 2.03. The minimum absolute atomic E-state index is 0.284. The Bertz CT molecular complexity index is 803. The number of piperazine rings is 1. The molecule has 1 aromatic heterocycles. The fraction of sp³-hybridized carbons (Fsp3) is 0.350. The van der Waals surface area contributed by atoms with E-state index in [4.69, 9.17) is 4.74 Å². The summed E-state index contributed by atoms with van der Waals surface area (Å²) in [5.74, 6) is -0.599. The molecular weight excluding hydrogens is 363 g/mol. The zero-order chi connectivity index (χ0) is 19.9. The summed E-state index contributed by atoms with van der Waals surface area (Å²) in [5, 5.41) is 2.77. The van der Waals surface area contributed by atoms with Crippen LogP contribution in [0.25, 0.3) is 0 Å². The van der Waals surface area contributed by atoms with Crippen LogP contribution >= 0.6 is 0 Å². The molecule has 2 aromatic rings. The fourth-order valence-electron chi connectivity index (χ4n) is 2.94. The molecule has 148 valence electrons. The maximum absolute atomic E-state index is 12.9. The van der Waals surface area contributed by atoms with E-state index in [1.165, 1.54) is 12.1 Å². The summed E-state index contributed by atoms with van der Waals surface area (Å²) in [6, 6.07) is 9.49. The third-order valence-electron chi connectivity index (χ3n) is 4.52. The van der Waals surface area contributed by atoms with Crippen molar-refractivity contribution in [2.75, 3.05) is 37.7 Å². The number of amides is 2. The molecule has 0 radical (unpaired) electrons. The molecule has 2 heterocycles. The minimum Gasteiger partial charge on any atom is -0.450 e. The number of hydrogen-bond acceptors (Lipinski definition) is 5. The third kappa shape index (κ3) is 4.97. The molecule has 0 spiro atoms. The van der Waals surface area contributed by atoms with Crippen molar-refractivity contribution < 1.29 is 18.7 Å². The molecule has 0 unspecified atom stereocenters. The normalized spacial score (nSPS) is 13.9. The predicted octanol–water partition coefficient (Wildman–Crippen LogP) is 2.43.